The molecule has 0 spiro atoms. The first-order valence-corrected chi connectivity index (χ1v) is 5.60. The highest BCUT2D eigenvalue weighted by molar-refractivity contribution is 6.05. The molecule has 2 rings (SSSR count). The highest BCUT2D eigenvalue weighted by atomic mass is 16.3. The standard InChI is InChI=1S/C14H14N2O2/c1-9-6-7-15-8-12(9)16-14(18)11-4-3-5-13(17)10(11)2/h3-8,17H,1-2H3,(H,16,18). The Bertz CT molecular complexity index is 594. The van der Waals surface area contributed by atoms with Crippen LogP contribution in [0.15, 0.2) is 36.7 Å². The molecule has 0 fully saturated rings. The van der Waals surface area contributed by atoms with Gasteiger partial charge >= 0.3 is 0 Å². The third-order valence-corrected chi connectivity index (χ3v) is 2.84. The number of nitrogens with zero attached hydrogens (tertiary/aromatic N) is 1. The smallest absolute Gasteiger partial charge is 0.256 e. The predicted molar refractivity (Wildman–Crippen MR) is 69.8 cm³/mol. The number of phenols is 1. The molecule has 18 heavy (non-hydrogen) atoms. The number of rotatable bonds is 2. The van der Waals surface area contributed by atoms with Crippen LogP contribution in [0.5, 0.6) is 5.75 Å². The number of anilines is 1. The van der Waals surface area contributed by atoms with Gasteiger partial charge in [0.05, 0.1) is 11.9 Å². The van der Waals surface area contributed by atoms with Crippen LogP contribution < -0.4 is 5.32 Å². The summed E-state index contributed by atoms with van der Waals surface area (Å²) in [5, 5.41) is 12.4. The van der Waals surface area contributed by atoms with Crippen LogP contribution in [0.3, 0.4) is 0 Å². The van der Waals surface area contributed by atoms with Gasteiger partial charge in [-0.25, -0.2) is 0 Å². The van der Waals surface area contributed by atoms with Gasteiger partial charge in [-0.2, -0.15) is 0 Å². The first-order valence-electron chi connectivity index (χ1n) is 5.60. The Hall–Kier alpha value is -2.36. The third-order valence-electron chi connectivity index (χ3n) is 2.84. The average Bonchev–Trinajstić information content (AvgIpc) is 2.35. The minimum Gasteiger partial charge on any atom is -0.508 e. The number of carbonyl (C=O) groups excluding carboxylic acids is 1. The largest absolute Gasteiger partial charge is 0.508 e. The first-order chi connectivity index (χ1) is 8.59. The molecule has 0 saturated heterocycles. The third kappa shape index (κ3) is 2.32. The van der Waals surface area contributed by atoms with Crippen molar-refractivity contribution in [2.24, 2.45) is 0 Å². The van der Waals surface area contributed by atoms with E-state index in [2.05, 4.69) is 10.3 Å². The lowest BCUT2D eigenvalue weighted by Gasteiger charge is -2.10. The molecule has 0 aliphatic rings. The highest BCUT2D eigenvalue weighted by Gasteiger charge is 2.12. The van der Waals surface area contributed by atoms with Gasteiger partial charge in [-0.15, -0.1) is 0 Å². The zero-order chi connectivity index (χ0) is 13.1. The molecule has 1 aromatic carbocycles. The number of benzene rings is 1. The Morgan fingerprint density at radius 2 is 2.06 bits per heavy atom. The zero-order valence-electron chi connectivity index (χ0n) is 10.3. The predicted octanol–water partition coefficient (Wildman–Crippen LogP) is 2.66. The molecular weight excluding hydrogens is 228 g/mol. The van der Waals surface area contributed by atoms with E-state index in [4.69, 9.17) is 0 Å². The quantitative estimate of drug-likeness (QED) is 0.851. The molecule has 0 unspecified atom stereocenters. The number of aryl methyl sites for hydroxylation is 1. The van der Waals surface area contributed by atoms with Crippen molar-refractivity contribution in [2.75, 3.05) is 5.32 Å². The summed E-state index contributed by atoms with van der Waals surface area (Å²) in [5.41, 5.74) is 2.64. The van der Waals surface area contributed by atoms with Crippen LogP contribution in [0.25, 0.3) is 0 Å². The summed E-state index contributed by atoms with van der Waals surface area (Å²) in [7, 11) is 0. The van der Waals surface area contributed by atoms with Gasteiger partial charge in [0.1, 0.15) is 5.75 Å². The van der Waals surface area contributed by atoms with Gasteiger partial charge < -0.3 is 10.4 Å². The molecule has 2 N–H and O–H groups in total. The molecule has 4 heteroatoms. The van der Waals surface area contributed by atoms with E-state index < -0.39 is 0 Å². The lowest BCUT2D eigenvalue weighted by Crippen LogP contribution is -2.14. The Morgan fingerprint density at radius 3 is 2.78 bits per heavy atom. The molecular formula is C14H14N2O2. The lowest BCUT2D eigenvalue weighted by atomic mass is 10.1. The van der Waals surface area contributed by atoms with Crippen LogP contribution in [0.2, 0.25) is 0 Å². The van der Waals surface area contributed by atoms with Crippen LogP contribution in [0.1, 0.15) is 21.5 Å². The molecule has 0 saturated carbocycles. The molecule has 0 aliphatic carbocycles. The van der Waals surface area contributed by atoms with E-state index in [1.807, 2.05) is 13.0 Å². The summed E-state index contributed by atoms with van der Waals surface area (Å²) in [6.45, 7) is 3.60. The van der Waals surface area contributed by atoms with E-state index >= 15 is 0 Å². The van der Waals surface area contributed by atoms with E-state index in [-0.39, 0.29) is 11.7 Å². The number of aromatic nitrogens is 1. The molecule has 0 atom stereocenters. The van der Waals surface area contributed by atoms with Gasteiger partial charge in [0.2, 0.25) is 0 Å². The Morgan fingerprint density at radius 1 is 1.28 bits per heavy atom. The van der Waals surface area contributed by atoms with Gasteiger partial charge in [0.25, 0.3) is 5.91 Å². The summed E-state index contributed by atoms with van der Waals surface area (Å²) < 4.78 is 0. The number of pyridine rings is 1. The molecule has 1 amide bonds. The molecule has 0 radical (unpaired) electrons. The molecule has 1 heterocycles. The number of hydrogen-bond acceptors (Lipinski definition) is 3. The van der Waals surface area contributed by atoms with Crippen molar-refractivity contribution in [3.63, 3.8) is 0 Å². The fourth-order valence-corrected chi connectivity index (χ4v) is 1.65. The van der Waals surface area contributed by atoms with Crippen molar-refractivity contribution < 1.29 is 9.90 Å². The number of hydrogen-bond donors (Lipinski definition) is 2. The highest BCUT2D eigenvalue weighted by Crippen LogP contribution is 2.21. The molecule has 1 aromatic heterocycles. The fourth-order valence-electron chi connectivity index (χ4n) is 1.65. The number of amides is 1. The van der Waals surface area contributed by atoms with Crippen molar-refractivity contribution in [1.29, 1.82) is 0 Å². The van der Waals surface area contributed by atoms with Gasteiger partial charge in [0.15, 0.2) is 0 Å². The Balaban J connectivity index is 2.28. The topological polar surface area (TPSA) is 62.2 Å². The van der Waals surface area contributed by atoms with Crippen molar-refractivity contribution in [1.82, 2.24) is 4.98 Å². The maximum atomic E-state index is 12.1. The lowest BCUT2D eigenvalue weighted by molar-refractivity contribution is 0.102. The second kappa shape index (κ2) is 4.87. The number of aromatic hydroxyl groups is 1. The fraction of sp³-hybridized carbons (Fsp3) is 0.143. The second-order valence-electron chi connectivity index (χ2n) is 4.09. The van der Waals surface area contributed by atoms with Crippen LogP contribution in [-0.4, -0.2) is 16.0 Å². The van der Waals surface area contributed by atoms with Crippen molar-refractivity contribution in [3.05, 3.63) is 53.3 Å². The molecule has 2 aromatic rings. The minimum absolute atomic E-state index is 0.116. The Labute approximate surface area is 105 Å². The van der Waals surface area contributed by atoms with Crippen LogP contribution in [0, 0.1) is 13.8 Å². The monoisotopic (exact) mass is 242 g/mol. The van der Waals surface area contributed by atoms with Gasteiger partial charge in [-0.1, -0.05) is 6.07 Å². The van der Waals surface area contributed by atoms with E-state index in [1.54, 1.807) is 37.5 Å². The van der Waals surface area contributed by atoms with Crippen LogP contribution in [0.4, 0.5) is 5.69 Å². The van der Waals surface area contributed by atoms with Crippen molar-refractivity contribution in [3.8, 4) is 5.75 Å². The molecule has 0 aliphatic heterocycles. The van der Waals surface area contributed by atoms with Gasteiger partial charge in [0, 0.05) is 17.3 Å². The summed E-state index contributed by atoms with van der Waals surface area (Å²) in [5.74, 6) is -0.134. The van der Waals surface area contributed by atoms with E-state index in [9.17, 15) is 9.90 Å². The second-order valence-corrected chi connectivity index (χ2v) is 4.09. The SMILES string of the molecule is Cc1ccncc1NC(=O)c1cccc(O)c1C. The molecule has 0 bridgehead atoms. The Kier molecular flexibility index (Phi) is 3.28. The summed E-state index contributed by atoms with van der Waals surface area (Å²) in [6.07, 6.45) is 3.27. The maximum absolute atomic E-state index is 12.1. The van der Waals surface area contributed by atoms with Crippen molar-refractivity contribution in [2.45, 2.75) is 13.8 Å². The van der Waals surface area contributed by atoms with Crippen LogP contribution >= 0.6 is 0 Å². The summed E-state index contributed by atoms with van der Waals surface area (Å²) in [4.78, 5) is 16.1. The number of nitrogens with one attached hydrogen (secondary N) is 1. The van der Waals surface area contributed by atoms with Crippen molar-refractivity contribution >= 4 is 11.6 Å². The summed E-state index contributed by atoms with van der Waals surface area (Å²) in [6, 6.07) is 6.70. The minimum atomic E-state index is -0.250. The normalized spacial score (nSPS) is 10.1. The first kappa shape index (κ1) is 12.1. The zero-order valence-corrected chi connectivity index (χ0v) is 10.3. The maximum Gasteiger partial charge on any atom is 0.256 e. The van der Waals surface area contributed by atoms with Gasteiger partial charge in [-0.05, 0) is 37.6 Å². The molecule has 92 valence electrons. The van der Waals surface area contributed by atoms with E-state index in [0.29, 0.717) is 16.8 Å². The van der Waals surface area contributed by atoms with Gasteiger partial charge in [-0.3, -0.25) is 9.78 Å². The number of phenolic OH excluding ortho intramolecular Hbond substituents is 1. The summed E-state index contributed by atoms with van der Waals surface area (Å²) >= 11 is 0. The average molecular weight is 242 g/mol. The molecule has 4 nitrogen and oxygen atoms in total. The van der Waals surface area contributed by atoms with E-state index in [0.717, 1.165) is 5.56 Å². The van der Waals surface area contributed by atoms with E-state index in [1.165, 1.54) is 0 Å². The van der Waals surface area contributed by atoms with Crippen LogP contribution in [-0.2, 0) is 0 Å². The number of carbonyl (C=O) groups is 1.